The summed E-state index contributed by atoms with van der Waals surface area (Å²) in [6.07, 6.45) is 0. The fraction of sp³-hybridized carbons (Fsp3) is 0.154. The van der Waals surface area contributed by atoms with Crippen LogP contribution in [0.2, 0.25) is 0 Å². The van der Waals surface area contributed by atoms with Crippen molar-refractivity contribution in [2.45, 2.75) is 51.4 Å². The molecule has 688 valence electrons. The summed E-state index contributed by atoms with van der Waals surface area (Å²) in [4.78, 5) is 231. The number of hydrogen-bond donors (Lipinski definition) is 0. The number of thioether (sulfide) groups is 8. The van der Waals surface area contributed by atoms with Crippen LogP contribution < -0.4 is 37.9 Å². The standard InChI is InChI=1S/C104H80O24S8/c1-61-73-45-75(83(123-91(107)55-131-99(115)67-33-17-7-18-34-67)49-81(73)121-89(105)53-129-97(113)65-29-13-5-14-30-65)62(2)77-47-79(87(127-95(111)59-135-103(119)71-41-25-11-26-42-71)51-85(77)125-93(109)57-133-101(117)69-37-21-9-22-38-69)64(4)80-48-78(86(126-94(110)58-134-102(118)70-39-23-10-24-40-70)52-88(80)128-96(112)60-136-104(120)72-43-27-12-28-44-72)63(3)76-46-74(61)82(122-90(106)54-130-98(114)66-31-15-6-16-32-66)50-84(76)124-92(108)56-132-100(116)68-35-19-8-20-36-68/h5-52,61-64H,53-60H2,1-4H3. The van der Waals surface area contributed by atoms with Crippen molar-refractivity contribution in [2.75, 3.05) is 46.0 Å². The third-order valence-electron chi connectivity index (χ3n) is 20.7. The van der Waals surface area contributed by atoms with Gasteiger partial charge >= 0.3 is 47.8 Å². The molecule has 32 heteroatoms. The van der Waals surface area contributed by atoms with E-state index < -0.39 is 204 Å². The zero-order valence-electron chi connectivity index (χ0n) is 72.7. The third-order valence-corrected chi connectivity index (χ3v) is 27.8. The SMILES string of the molecule is CC1c2cc(c(OC(=O)CSC(=O)c3ccccc3)cc2OC(=O)CSC(=O)c2ccccc2)C(C)c2cc(c(OC(=O)CSC(=O)c3ccccc3)cc2OC(=O)CSC(=O)c2ccccc2)C(C)c2cc(c(OC(=O)CSC(=O)c3ccccc3)cc2OC(=O)CSC(=O)c2ccccc2)C(C)c2cc1c(OC(=O)CSC(=O)c1ccccc1)cc2OC(=O)CSC(=O)c1ccccc1. The summed E-state index contributed by atoms with van der Waals surface area (Å²) >= 11 is 4.70. The molecule has 136 heavy (non-hydrogen) atoms. The lowest BCUT2D eigenvalue weighted by atomic mass is 9.80. The molecule has 0 unspecified atom stereocenters. The monoisotopic (exact) mass is 1970 g/mol. The van der Waals surface area contributed by atoms with Crippen LogP contribution in [0.25, 0.3) is 0 Å². The predicted octanol–water partition coefficient (Wildman–Crippen LogP) is 20.4. The summed E-state index contributed by atoms with van der Waals surface area (Å²) < 4.78 is 51.4. The van der Waals surface area contributed by atoms with Gasteiger partial charge in [-0.15, -0.1) is 0 Å². The summed E-state index contributed by atoms with van der Waals surface area (Å²) in [7, 11) is 0. The smallest absolute Gasteiger partial charge is 0.321 e. The first-order valence-electron chi connectivity index (χ1n) is 41.8. The number of carbonyl (C=O) groups is 16. The van der Waals surface area contributed by atoms with Gasteiger partial charge < -0.3 is 37.9 Å². The number of benzene rings is 12. The first-order chi connectivity index (χ1) is 65.7. The van der Waals surface area contributed by atoms with E-state index in [0.717, 1.165) is 0 Å². The normalized spacial score (nSPS) is 13.5. The Labute approximate surface area is 814 Å². The highest BCUT2D eigenvalue weighted by Crippen LogP contribution is 2.52. The largest absolute Gasteiger partial charge is 0.425 e. The second-order valence-corrected chi connectivity index (χ2v) is 37.5. The van der Waals surface area contributed by atoms with Crippen LogP contribution in [-0.2, 0) is 38.4 Å². The van der Waals surface area contributed by atoms with Crippen molar-refractivity contribution >= 4 is 183 Å². The number of ether oxygens (including phenoxy) is 8. The molecule has 0 saturated carbocycles. The number of esters is 8. The molecule has 8 bridgehead atoms. The Morgan fingerprint density at radius 1 is 0.169 bits per heavy atom. The van der Waals surface area contributed by atoms with E-state index in [2.05, 4.69) is 0 Å². The van der Waals surface area contributed by atoms with Gasteiger partial charge in [-0.25, -0.2) is 0 Å². The van der Waals surface area contributed by atoms with Crippen molar-refractivity contribution < 1.29 is 115 Å². The summed E-state index contributed by atoms with van der Waals surface area (Å²) in [6.45, 7) is 6.30. The molecule has 13 rings (SSSR count). The molecule has 1 aliphatic rings. The molecule has 0 atom stereocenters. The van der Waals surface area contributed by atoms with Crippen LogP contribution in [0.3, 0.4) is 0 Å². The minimum absolute atomic E-state index is 0.0365. The first-order valence-corrected chi connectivity index (χ1v) is 49.7. The highest BCUT2D eigenvalue weighted by Gasteiger charge is 2.37. The lowest BCUT2D eigenvalue weighted by Gasteiger charge is -2.29. The average Bonchev–Trinajstić information content (AvgIpc) is 0.748. The molecule has 0 aromatic heterocycles. The highest BCUT2D eigenvalue weighted by molar-refractivity contribution is 8.16. The van der Waals surface area contributed by atoms with Gasteiger partial charge in [0, 0.05) is 137 Å². The Hall–Kier alpha value is -13.4. The lowest BCUT2D eigenvalue weighted by Crippen LogP contribution is -2.20. The Kier molecular flexibility index (Phi) is 35.8. The van der Waals surface area contributed by atoms with E-state index in [1.54, 1.807) is 270 Å². The lowest BCUT2D eigenvalue weighted by molar-refractivity contribution is -0.132. The summed E-state index contributed by atoms with van der Waals surface area (Å²) in [5.74, 6) is -22.4. The topological polar surface area (TPSA) is 347 Å². The van der Waals surface area contributed by atoms with E-state index in [-0.39, 0.29) is 89.0 Å². The van der Waals surface area contributed by atoms with Crippen LogP contribution >= 0.6 is 94.1 Å². The van der Waals surface area contributed by atoms with E-state index in [1.807, 2.05) is 0 Å². The molecular formula is C104H80O24S8. The van der Waals surface area contributed by atoms with Crippen molar-refractivity contribution in [3.63, 3.8) is 0 Å². The minimum atomic E-state index is -1.37. The zero-order valence-corrected chi connectivity index (χ0v) is 79.3. The van der Waals surface area contributed by atoms with Crippen molar-refractivity contribution in [1.82, 2.24) is 0 Å². The average molecular weight is 1970 g/mol. The van der Waals surface area contributed by atoms with Crippen molar-refractivity contribution in [1.29, 1.82) is 0 Å². The molecule has 12 aromatic carbocycles. The van der Waals surface area contributed by atoms with Gasteiger partial charge in [0.15, 0.2) is 0 Å². The molecule has 0 fully saturated rings. The van der Waals surface area contributed by atoms with E-state index in [1.165, 1.54) is 48.5 Å². The number of carbonyl (C=O) groups excluding carboxylic acids is 16. The van der Waals surface area contributed by atoms with Gasteiger partial charge in [0.1, 0.15) is 46.0 Å². The Morgan fingerprint density at radius 3 is 0.375 bits per heavy atom. The molecule has 24 nitrogen and oxygen atoms in total. The molecule has 1 aliphatic carbocycles. The maximum atomic E-state index is 15.0. The zero-order chi connectivity index (χ0) is 96.3. The highest BCUT2D eigenvalue weighted by atomic mass is 32.2. The van der Waals surface area contributed by atoms with Gasteiger partial charge in [-0.2, -0.15) is 0 Å². The summed E-state index contributed by atoms with van der Waals surface area (Å²) in [6, 6.07) is 74.8. The Morgan fingerprint density at radius 2 is 0.272 bits per heavy atom. The number of hydrogen-bond acceptors (Lipinski definition) is 32. The molecule has 0 radical (unpaired) electrons. The maximum absolute atomic E-state index is 15.0. The van der Waals surface area contributed by atoms with Crippen molar-refractivity contribution in [2.24, 2.45) is 0 Å². The maximum Gasteiger partial charge on any atom is 0.321 e. The number of fused-ring (bicyclic) bond motifs is 8. The van der Waals surface area contributed by atoms with Gasteiger partial charge in [-0.05, 0) is 24.3 Å². The van der Waals surface area contributed by atoms with Crippen LogP contribution in [0, 0.1) is 0 Å². The summed E-state index contributed by atoms with van der Waals surface area (Å²) in [5, 5.41) is -4.27. The Bertz CT molecular complexity index is 5380. The first kappa shape index (κ1) is 100. The molecule has 12 aromatic rings. The van der Waals surface area contributed by atoms with E-state index in [9.17, 15) is 76.7 Å². The third kappa shape index (κ3) is 27.5. The van der Waals surface area contributed by atoms with E-state index in [4.69, 9.17) is 37.9 Å². The molecule has 0 amide bonds. The van der Waals surface area contributed by atoms with E-state index in [0.29, 0.717) is 94.1 Å². The van der Waals surface area contributed by atoms with Crippen LogP contribution in [0.5, 0.6) is 46.0 Å². The molecule has 0 saturated heterocycles. The quantitative estimate of drug-likeness (QED) is 0.0279. The fourth-order valence-corrected chi connectivity index (χ4v) is 18.8. The van der Waals surface area contributed by atoms with Gasteiger partial charge in [0.25, 0.3) is 0 Å². The second-order valence-electron chi connectivity index (χ2n) is 29.9. The minimum Gasteiger partial charge on any atom is -0.425 e. The van der Waals surface area contributed by atoms with Gasteiger partial charge in [-0.1, -0.05) is 364 Å². The van der Waals surface area contributed by atoms with Crippen LogP contribution in [-0.4, -0.2) is 135 Å². The Balaban J connectivity index is 1.08. The molecule has 0 N–H and O–H groups in total. The predicted molar refractivity (Wildman–Crippen MR) is 527 cm³/mol. The number of rotatable bonds is 32. The van der Waals surface area contributed by atoms with Crippen LogP contribution in [0.1, 0.15) is 179 Å². The van der Waals surface area contributed by atoms with E-state index >= 15 is 0 Å². The summed E-state index contributed by atoms with van der Waals surface area (Å²) in [5.41, 5.74) is 1.56. The van der Waals surface area contributed by atoms with Crippen LogP contribution in [0.15, 0.2) is 291 Å². The van der Waals surface area contributed by atoms with Crippen molar-refractivity contribution in [3.8, 4) is 46.0 Å². The fourth-order valence-electron chi connectivity index (χ4n) is 13.9. The van der Waals surface area contributed by atoms with Crippen molar-refractivity contribution in [3.05, 3.63) is 380 Å². The van der Waals surface area contributed by atoms with Crippen LogP contribution in [0.4, 0.5) is 0 Å². The van der Waals surface area contributed by atoms with Gasteiger partial charge in [0.05, 0.1) is 46.0 Å². The van der Waals surface area contributed by atoms with Gasteiger partial charge in [-0.3, -0.25) is 76.7 Å². The molecular weight excluding hydrogens is 1890 g/mol. The molecule has 0 heterocycles. The van der Waals surface area contributed by atoms with Gasteiger partial charge in [0.2, 0.25) is 40.9 Å². The molecule has 0 aliphatic heterocycles. The second kappa shape index (κ2) is 48.7. The molecule has 0 spiro atoms.